The van der Waals surface area contributed by atoms with Gasteiger partial charge in [0.1, 0.15) is 18.0 Å². The Kier molecular flexibility index (Phi) is 8.17. The predicted molar refractivity (Wildman–Crippen MR) is 147 cm³/mol. The smallest absolute Gasteiger partial charge is 0.253 e. The molecule has 38 heavy (non-hydrogen) atoms. The zero-order valence-corrected chi connectivity index (χ0v) is 21.7. The molecule has 0 spiro atoms. The fraction of sp³-hybridized carbons (Fsp3) is 0.321. The topological polar surface area (TPSA) is 95.3 Å². The van der Waals surface area contributed by atoms with Crippen molar-refractivity contribution in [2.24, 2.45) is 0 Å². The molecule has 3 heterocycles. The summed E-state index contributed by atoms with van der Waals surface area (Å²) in [5.74, 6) is -0.105. The van der Waals surface area contributed by atoms with E-state index in [0.717, 1.165) is 41.8 Å². The van der Waals surface area contributed by atoms with Gasteiger partial charge in [-0.05, 0) is 74.3 Å². The normalized spacial score (nSPS) is 14.1. The quantitative estimate of drug-likeness (QED) is 0.287. The van der Waals surface area contributed by atoms with Crippen molar-refractivity contribution in [3.63, 3.8) is 0 Å². The number of hydrogen-bond donors (Lipinski definition) is 3. The van der Waals surface area contributed by atoms with Gasteiger partial charge in [0.2, 0.25) is 0 Å². The van der Waals surface area contributed by atoms with Gasteiger partial charge in [-0.3, -0.25) is 4.79 Å². The van der Waals surface area contributed by atoms with Gasteiger partial charge in [-0.2, -0.15) is 0 Å². The Labute approximate surface area is 225 Å². The molecule has 1 saturated heterocycles. The van der Waals surface area contributed by atoms with E-state index in [1.165, 1.54) is 37.7 Å². The molecule has 3 N–H and O–H groups in total. The van der Waals surface area contributed by atoms with Gasteiger partial charge in [-0.1, -0.05) is 18.0 Å². The second-order valence-electron chi connectivity index (χ2n) is 9.41. The minimum Gasteiger partial charge on any atom is -0.396 e. The number of carbonyl (C=O) groups is 1. The van der Waals surface area contributed by atoms with Crippen LogP contribution in [0.1, 0.15) is 35.2 Å². The van der Waals surface area contributed by atoms with E-state index in [1.54, 1.807) is 12.3 Å². The molecular weight excluding hydrogens is 507 g/mol. The summed E-state index contributed by atoms with van der Waals surface area (Å²) in [5, 5.41) is 16.6. The monoisotopic (exact) mass is 536 g/mol. The number of halogens is 2. The van der Waals surface area contributed by atoms with Crippen molar-refractivity contribution in [1.29, 1.82) is 0 Å². The first-order chi connectivity index (χ1) is 18.5. The average molecular weight is 537 g/mol. The number of piperidine rings is 1. The molecule has 1 amide bonds. The summed E-state index contributed by atoms with van der Waals surface area (Å²) < 4.78 is 15.5. The highest BCUT2D eigenvalue weighted by atomic mass is 35.5. The van der Waals surface area contributed by atoms with Gasteiger partial charge in [0, 0.05) is 48.9 Å². The lowest BCUT2D eigenvalue weighted by molar-refractivity contribution is 0.0945. The standard InChI is InChI=1S/C28H30ClFN6O2/c29-24-14-20(4-6-25(24)30)34-27-22-15-21(5-7-26(22)32-18-33-27)36-16-19(8-13-37)23(17-36)28(38)31-9-12-35-10-2-1-3-11-35/h4-7,14-18,37H,1-3,8-13H2,(H,31,38)(H,32,33,34). The van der Waals surface area contributed by atoms with Gasteiger partial charge in [-0.15, -0.1) is 0 Å². The third-order valence-electron chi connectivity index (χ3n) is 6.80. The number of aromatic nitrogens is 3. The number of amides is 1. The molecule has 198 valence electrons. The van der Waals surface area contributed by atoms with Crippen LogP contribution in [0.2, 0.25) is 5.02 Å². The van der Waals surface area contributed by atoms with Crippen molar-refractivity contribution in [3.8, 4) is 5.69 Å². The van der Waals surface area contributed by atoms with E-state index < -0.39 is 5.82 Å². The summed E-state index contributed by atoms with van der Waals surface area (Å²) in [4.78, 5) is 24.2. The highest BCUT2D eigenvalue weighted by molar-refractivity contribution is 6.31. The number of likely N-dealkylation sites (tertiary alicyclic amines) is 1. The van der Waals surface area contributed by atoms with Crippen LogP contribution in [0.4, 0.5) is 15.9 Å². The minimum absolute atomic E-state index is 0.0135. The molecule has 2 aromatic heterocycles. The van der Waals surface area contributed by atoms with E-state index in [0.29, 0.717) is 30.0 Å². The third kappa shape index (κ3) is 5.96. The summed E-state index contributed by atoms with van der Waals surface area (Å²) in [6.45, 7) is 3.52. The number of aliphatic hydroxyl groups is 1. The number of fused-ring (bicyclic) bond motifs is 1. The first-order valence-electron chi connectivity index (χ1n) is 12.8. The van der Waals surface area contributed by atoms with Crippen molar-refractivity contribution in [2.75, 3.05) is 38.1 Å². The van der Waals surface area contributed by atoms with E-state index in [1.807, 2.05) is 29.0 Å². The van der Waals surface area contributed by atoms with Crippen molar-refractivity contribution in [1.82, 2.24) is 24.8 Å². The van der Waals surface area contributed by atoms with E-state index >= 15 is 0 Å². The third-order valence-corrected chi connectivity index (χ3v) is 7.09. The Hall–Kier alpha value is -3.53. The number of nitrogens with one attached hydrogen (secondary N) is 2. The van der Waals surface area contributed by atoms with Gasteiger partial charge in [0.05, 0.1) is 16.1 Å². The SMILES string of the molecule is O=C(NCCN1CCCCC1)c1cn(-c2ccc3ncnc(Nc4ccc(F)c(Cl)c4)c3c2)cc1CCO. The molecule has 1 aliphatic heterocycles. The number of rotatable bonds is 9. The van der Waals surface area contributed by atoms with Crippen LogP contribution in [0.15, 0.2) is 55.1 Å². The Bertz CT molecular complexity index is 1440. The van der Waals surface area contributed by atoms with Gasteiger partial charge in [0.25, 0.3) is 5.91 Å². The number of anilines is 2. The highest BCUT2D eigenvalue weighted by Crippen LogP contribution is 2.28. The molecule has 0 unspecified atom stereocenters. The van der Waals surface area contributed by atoms with Crippen LogP contribution in [0.5, 0.6) is 0 Å². The van der Waals surface area contributed by atoms with Crippen LogP contribution in [0.25, 0.3) is 16.6 Å². The summed E-state index contributed by atoms with van der Waals surface area (Å²) in [5.41, 5.74) is 3.43. The Balaban J connectivity index is 1.38. The maximum atomic E-state index is 13.6. The molecule has 8 nitrogen and oxygen atoms in total. The molecule has 4 aromatic rings. The van der Waals surface area contributed by atoms with E-state index in [-0.39, 0.29) is 17.5 Å². The molecular formula is C28H30ClFN6O2. The van der Waals surface area contributed by atoms with E-state index in [4.69, 9.17) is 11.6 Å². The van der Waals surface area contributed by atoms with Crippen LogP contribution in [0, 0.1) is 5.82 Å². The van der Waals surface area contributed by atoms with Crippen molar-refractivity contribution in [2.45, 2.75) is 25.7 Å². The highest BCUT2D eigenvalue weighted by Gasteiger charge is 2.17. The maximum Gasteiger partial charge on any atom is 0.253 e. The number of nitrogens with zero attached hydrogens (tertiary/aromatic N) is 4. The second kappa shape index (κ2) is 11.9. The first kappa shape index (κ1) is 26.1. The zero-order valence-electron chi connectivity index (χ0n) is 21.0. The van der Waals surface area contributed by atoms with Crippen molar-refractivity contribution >= 4 is 39.9 Å². The first-order valence-corrected chi connectivity index (χ1v) is 13.2. The zero-order chi connectivity index (χ0) is 26.5. The number of hydrogen-bond acceptors (Lipinski definition) is 6. The summed E-state index contributed by atoms with van der Waals surface area (Å²) >= 11 is 5.94. The van der Waals surface area contributed by atoms with Gasteiger partial charge >= 0.3 is 0 Å². The molecule has 0 radical (unpaired) electrons. The number of aliphatic hydroxyl groups excluding tert-OH is 1. The Morgan fingerprint density at radius 3 is 2.71 bits per heavy atom. The van der Waals surface area contributed by atoms with Crippen LogP contribution in [-0.4, -0.2) is 63.2 Å². The number of benzene rings is 2. The van der Waals surface area contributed by atoms with Crippen LogP contribution in [-0.2, 0) is 6.42 Å². The molecule has 1 aliphatic rings. The fourth-order valence-electron chi connectivity index (χ4n) is 4.79. The molecule has 2 aromatic carbocycles. The molecule has 10 heteroatoms. The molecule has 0 saturated carbocycles. The largest absolute Gasteiger partial charge is 0.396 e. The Morgan fingerprint density at radius 1 is 1.08 bits per heavy atom. The second-order valence-corrected chi connectivity index (χ2v) is 9.82. The van der Waals surface area contributed by atoms with E-state index in [2.05, 4.69) is 25.5 Å². The van der Waals surface area contributed by atoms with Crippen LogP contribution < -0.4 is 10.6 Å². The molecule has 0 bridgehead atoms. The molecule has 5 rings (SSSR count). The summed E-state index contributed by atoms with van der Waals surface area (Å²) in [6, 6.07) is 10.1. The van der Waals surface area contributed by atoms with Crippen LogP contribution >= 0.6 is 11.6 Å². The molecule has 0 aliphatic carbocycles. The summed E-state index contributed by atoms with van der Waals surface area (Å²) in [6.07, 6.45) is 9.19. The maximum absolute atomic E-state index is 13.6. The van der Waals surface area contributed by atoms with E-state index in [9.17, 15) is 14.3 Å². The summed E-state index contributed by atoms with van der Waals surface area (Å²) in [7, 11) is 0. The lowest BCUT2D eigenvalue weighted by atomic mass is 10.1. The van der Waals surface area contributed by atoms with Crippen molar-refractivity contribution < 1.29 is 14.3 Å². The van der Waals surface area contributed by atoms with Crippen LogP contribution in [0.3, 0.4) is 0 Å². The Morgan fingerprint density at radius 2 is 1.92 bits per heavy atom. The van der Waals surface area contributed by atoms with Gasteiger partial charge in [-0.25, -0.2) is 14.4 Å². The lowest BCUT2D eigenvalue weighted by Gasteiger charge is -2.26. The van der Waals surface area contributed by atoms with Gasteiger partial charge < -0.3 is 25.2 Å². The predicted octanol–water partition coefficient (Wildman–Crippen LogP) is 4.71. The van der Waals surface area contributed by atoms with Gasteiger partial charge in [0.15, 0.2) is 0 Å². The average Bonchev–Trinajstić information content (AvgIpc) is 3.35. The molecule has 1 fully saturated rings. The minimum atomic E-state index is -0.496. The lowest BCUT2D eigenvalue weighted by Crippen LogP contribution is -2.37. The van der Waals surface area contributed by atoms with Crippen molar-refractivity contribution in [3.05, 3.63) is 77.1 Å². The number of carbonyl (C=O) groups excluding carboxylic acids is 1. The fourth-order valence-corrected chi connectivity index (χ4v) is 4.97. The molecule has 0 atom stereocenters.